The van der Waals surface area contributed by atoms with Crippen LogP contribution in [0.15, 0.2) is 0 Å². The van der Waals surface area contributed by atoms with Crippen LogP contribution in [-0.4, -0.2) is 49.7 Å². The summed E-state index contributed by atoms with van der Waals surface area (Å²) in [5.41, 5.74) is -0.555. The van der Waals surface area contributed by atoms with Crippen molar-refractivity contribution in [2.24, 2.45) is 0 Å². The maximum Gasteiger partial charge on any atom is 0.294 e. The molecule has 8 heteroatoms. The Kier molecular flexibility index (Phi) is 4.58. The lowest BCUT2D eigenvalue weighted by atomic mass is 10.1. The molecule has 0 aromatic carbocycles. The Labute approximate surface area is 92.1 Å². The van der Waals surface area contributed by atoms with E-state index in [1.807, 2.05) is 0 Å². The van der Waals surface area contributed by atoms with Gasteiger partial charge in [-0.3, -0.25) is 0 Å². The average Bonchev–Trinajstić information content (AvgIpc) is 2.42. The van der Waals surface area contributed by atoms with Gasteiger partial charge in [-0.25, -0.2) is 0 Å². The second-order valence-electron chi connectivity index (χ2n) is 3.01. The Morgan fingerprint density at radius 3 is 2.60 bits per heavy atom. The molecule has 0 radical (unpaired) electrons. The van der Waals surface area contributed by atoms with Gasteiger partial charge in [0, 0.05) is 14.2 Å². The van der Waals surface area contributed by atoms with Crippen LogP contribution in [0, 0.1) is 10.1 Å². The first-order valence-electron chi connectivity index (χ1n) is 4.26. The van der Waals surface area contributed by atoms with Gasteiger partial charge in [-0.1, -0.05) is 0 Å². The molecule has 1 heterocycles. The zero-order valence-electron chi connectivity index (χ0n) is 8.36. The number of rotatable bonds is 5. The lowest BCUT2D eigenvalue weighted by Crippen LogP contribution is -2.39. The van der Waals surface area contributed by atoms with E-state index in [0.717, 1.165) is 0 Å². The molecule has 4 atom stereocenters. The quantitative estimate of drug-likeness (QED) is 0.409. The van der Waals surface area contributed by atoms with Crippen molar-refractivity contribution in [3.8, 4) is 0 Å². The number of ether oxygens (including phenoxy) is 3. The highest BCUT2D eigenvalue weighted by molar-refractivity contribution is 7.80. The second kappa shape index (κ2) is 5.50. The van der Waals surface area contributed by atoms with Crippen LogP contribution >= 0.6 is 12.6 Å². The number of hydrogen-bond donors (Lipinski definition) is 1. The molecular formula is C7H13NO6S. The van der Waals surface area contributed by atoms with Gasteiger partial charge in [0.1, 0.15) is 17.6 Å². The van der Waals surface area contributed by atoms with Crippen molar-refractivity contribution in [2.75, 3.05) is 20.8 Å². The lowest BCUT2D eigenvalue weighted by molar-refractivity contribution is -0.771. The lowest BCUT2D eigenvalue weighted by Gasteiger charge is -2.19. The normalized spacial score (nSPS) is 35.4. The maximum atomic E-state index is 10.3. The number of methoxy groups -OCH3 is 2. The van der Waals surface area contributed by atoms with E-state index in [2.05, 4.69) is 17.5 Å². The highest BCUT2D eigenvalue weighted by Gasteiger charge is 2.45. The summed E-state index contributed by atoms with van der Waals surface area (Å²) in [5, 5.41) is 9.41. The highest BCUT2D eigenvalue weighted by Crippen LogP contribution is 2.28. The summed E-state index contributed by atoms with van der Waals surface area (Å²) < 4.78 is 15.2. The van der Waals surface area contributed by atoms with E-state index in [-0.39, 0.29) is 6.61 Å². The molecule has 0 N–H and O–H groups in total. The second-order valence-corrected chi connectivity index (χ2v) is 3.52. The zero-order valence-corrected chi connectivity index (χ0v) is 9.25. The van der Waals surface area contributed by atoms with Crippen molar-refractivity contribution in [3.63, 3.8) is 0 Å². The largest absolute Gasteiger partial charge is 0.382 e. The van der Waals surface area contributed by atoms with Crippen LogP contribution in [0.3, 0.4) is 0 Å². The average molecular weight is 239 g/mol. The van der Waals surface area contributed by atoms with Gasteiger partial charge in [0.05, 0.1) is 6.61 Å². The molecule has 0 bridgehead atoms. The van der Waals surface area contributed by atoms with E-state index >= 15 is 0 Å². The van der Waals surface area contributed by atoms with Crippen molar-refractivity contribution < 1.29 is 24.1 Å². The van der Waals surface area contributed by atoms with Crippen LogP contribution in [0.1, 0.15) is 0 Å². The Bertz CT molecular complexity index is 228. The fourth-order valence-corrected chi connectivity index (χ4v) is 1.93. The third kappa shape index (κ3) is 2.94. The van der Waals surface area contributed by atoms with Gasteiger partial charge in [-0.2, -0.15) is 0 Å². The topological polar surface area (TPSA) is 80.1 Å². The van der Waals surface area contributed by atoms with Crippen LogP contribution in [0.2, 0.25) is 0 Å². The Hall–Kier alpha value is -0.570. The van der Waals surface area contributed by atoms with E-state index < -0.39 is 28.8 Å². The minimum Gasteiger partial charge on any atom is -0.382 e. The summed E-state index contributed by atoms with van der Waals surface area (Å²) >= 11 is 4.10. The molecule has 1 saturated heterocycles. The molecule has 0 aromatic heterocycles. The SMILES string of the molecule is COCC1OC(S)C(OC)C1O[N+](=O)[O-]. The molecule has 1 rings (SSSR count). The molecule has 0 saturated carbocycles. The molecule has 7 nitrogen and oxygen atoms in total. The van der Waals surface area contributed by atoms with E-state index in [0.29, 0.717) is 0 Å². The van der Waals surface area contributed by atoms with Crippen molar-refractivity contribution in [1.82, 2.24) is 0 Å². The molecular weight excluding hydrogens is 226 g/mol. The molecule has 0 spiro atoms. The van der Waals surface area contributed by atoms with Crippen LogP contribution in [0.25, 0.3) is 0 Å². The summed E-state index contributed by atoms with van der Waals surface area (Å²) in [6.07, 6.45) is -1.95. The summed E-state index contributed by atoms with van der Waals surface area (Å²) in [6.45, 7) is 0.190. The first-order chi connectivity index (χ1) is 7.10. The van der Waals surface area contributed by atoms with Crippen molar-refractivity contribution in [3.05, 3.63) is 10.1 Å². The van der Waals surface area contributed by atoms with Crippen LogP contribution in [0.5, 0.6) is 0 Å². The fourth-order valence-electron chi connectivity index (χ4n) is 1.48. The van der Waals surface area contributed by atoms with Crippen LogP contribution < -0.4 is 0 Å². The van der Waals surface area contributed by atoms with Crippen LogP contribution in [0.4, 0.5) is 0 Å². The number of hydrogen-bond acceptors (Lipinski definition) is 7. The standard InChI is InChI=1S/C7H13NO6S/c1-11-3-4-5(14-8(9)10)6(12-2)7(15)13-4/h4-7,15H,3H2,1-2H3. The minimum atomic E-state index is -0.867. The van der Waals surface area contributed by atoms with Gasteiger partial charge in [0.2, 0.25) is 0 Å². The molecule has 1 fully saturated rings. The molecule has 15 heavy (non-hydrogen) atoms. The van der Waals surface area contributed by atoms with E-state index in [4.69, 9.17) is 14.2 Å². The fraction of sp³-hybridized carbons (Fsp3) is 1.00. The van der Waals surface area contributed by atoms with Crippen LogP contribution in [-0.2, 0) is 19.0 Å². The van der Waals surface area contributed by atoms with E-state index in [1.54, 1.807) is 0 Å². The van der Waals surface area contributed by atoms with Crippen molar-refractivity contribution in [2.45, 2.75) is 23.7 Å². The Balaban J connectivity index is 2.67. The van der Waals surface area contributed by atoms with Gasteiger partial charge < -0.3 is 19.0 Å². The minimum absolute atomic E-state index is 0.190. The van der Waals surface area contributed by atoms with Crippen molar-refractivity contribution >= 4 is 12.6 Å². The highest BCUT2D eigenvalue weighted by atomic mass is 32.1. The van der Waals surface area contributed by atoms with E-state index in [9.17, 15) is 10.1 Å². The summed E-state index contributed by atoms with van der Waals surface area (Å²) in [5.74, 6) is 0. The molecule has 1 aliphatic rings. The summed E-state index contributed by atoms with van der Waals surface area (Å²) in [7, 11) is 2.89. The molecule has 0 amide bonds. The third-order valence-corrected chi connectivity index (χ3v) is 2.51. The number of thiol groups is 1. The van der Waals surface area contributed by atoms with Gasteiger partial charge in [0.25, 0.3) is 5.09 Å². The van der Waals surface area contributed by atoms with Gasteiger partial charge in [-0.05, 0) is 0 Å². The smallest absolute Gasteiger partial charge is 0.294 e. The third-order valence-electron chi connectivity index (χ3n) is 2.10. The summed E-state index contributed by atoms with van der Waals surface area (Å²) in [4.78, 5) is 14.8. The molecule has 4 unspecified atom stereocenters. The summed E-state index contributed by atoms with van der Waals surface area (Å²) in [6, 6.07) is 0. The Morgan fingerprint density at radius 2 is 2.13 bits per heavy atom. The monoisotopic (exact) mass is 239 g/mol. The van der Waals surface area contributed by atoms with E-state index in [1.165, 1.54) is 14.2 Å². The maximum absolute atomic E-state index is 10.3. The molecule has 0 aromatic rings. The van der Waals surface area contributed by atoms with Gasteiger partial charge in [-0.15, -0.1) is 22.7 Å². The molecule has 0 aliphatic carbocycles. The number of nitrogens with zero attached hydrogens (tertiary/aromatic N) is 1. The predicted molar refractivity (Wildman–Crippen MR) is 52.2 cm³/mol. The Morgan fingerprint density at radius 1 is 1.47 bits per heavy atom. The van der Waals surface area contributed by atoms with Gasteiger partial charge in [0.15, 0.2) is 6.10 Å². The molecule has 1 aliphatic heterocycles. The van der Waals surface area contributed by atoms with Crippen molar-refractivity contribution in [1.29, 1.82) is 0 Å². The zero-order chi connectivity index (χ0) is 11.4. The predicted octanol–water partition coefficient (Wildman–Crippen LogP) is -0.121. The first-order valence-corrected chi connectivity index (χ1v) is 4.78. The first kappa shape index (κ1) is 12.5. The van der Waals surface area contributed by atoms with Gasteiger partial charge >= 0.3 is 0 Å². The molecule has 88 valence electrons.